The predicted octanol–water partition coefficient (Wildman–Crippen LogP) is 3.99. The number of hydrogen-bond donors (Lipinski definition) is 0. The van der Waals surface area contributed by atoms with Crippen LogP contribution < -0.4 is 4.74 Å². The second-order valence-electron chi connectivity index (χ2n) is 4.66. The minimum atomic E-state index is 0.856. The van der Waals surface area contributed by atoms with Crippen molar-refractivity contribution in [2.24, 2.45) is 0 Å². The smallest absolute Gasteiger partial charge is 0.363 e. The van der Waals surface area contributed by atoms with E-state index in [0.717, 1.165) is 24.2 Å². The fraction of sp³-hybridized carbons (Fsp3) is 0.400. The molecule has 1 aromatic carbocycles. The summed E-state index contributed by atoms with van der Waals surface area (Å²) < 4.78 is 11.3. The van der Waals surface area contributed by atoms with E-state index in [-0.39, 0.29) is 0 Å². The van der Waals surface area contributed by atoms with E-state index in [1.807, 2.05) is 12.1 Å². The Labute approximate surface area is 101 Å². The third-order valence-corrected chi connectivity index (χ3v) is 3.49. The Morgan fingerprint density at radius 2 is 1.94 bits per heavy atom. The molecule has 1 aliphatic carbocycles. The van der Waals surface area contributed by atoms with Crippen molar-refractivity contribution in [3.8, 4) is 5.75 Å². The molecule has 0 N–H and O–H groups in total. The molecule has 0 saturated carbocycles. The van der Waals surface area contributed by atoms with E-state index < -0.39 is 0 Å². The van der Waals surface area contributed by atoms with Gasteiger partial charge in [-0.25, -0.2) is 4.42 Å². The second-order valence-corrected chi connectivity index (χ2v) is 4.66. The minimum absolute atomic E-state index is 0.856. The number of benzene rings is 1. The van der Waals surface area contributed by atoms with Gasteiger partial charge < -0.3 is 4.74 Å². The van der Waals surface area contributed by atoms with Crippen molar-refractivity contribution in [2.45, 2.75) is 32.1 Å². The summed E-state index contributed by atoms with van der Waals surface area (Å²) in [5.74, 6) is 2.03. The molecule has 1 heterocycles. The second kappa shape index (κ2) is 4.36. The molecule has 2 aromatic rings. The molecule has 0 radical (unpaired) electrons. The van der Waals surface area contributed by atoms with Gasteiger partial charge in [0.2, 0.25) is 0 Å². The first-order valence-corrected chi connectivity index (χ1v) is 6.29. The lowest BCUT2D eigenvalue weighted by Crippen LogP contribution is -1.91. The maximum Gasteiger partial charge on any atom is 0.363 e. The van der Waals surface area contributed by atoms with E-state index in [1.54, 1.807) is 7.11 Å². The topological polar surface area (TPSA) is 20.5 Å². The molecule has 0 amide bonds. The Morgan fingerprint density at radius 3 is 2.82 bits per heavy atom. The van der Waals surface area contributed by atoms with Crippen LogP contribution in [0.1, 0.15) is 30.6 Å². The van der Waals surface area contributed by atoms with Gasteiger partial charge in [-0.2, -0.15) is 0 Å². The van der Waals surface area contributed by atoms with Gasteiger partial charge in [0.1, 0.15) is 5.75 Å². The standard InChI is InChI=1S/C15H17O2/c1-16-13-8-7-12-9-11-5-3-2-4-6-14(11)17-15(12)10-13/h7-10H,2-6H2,1H3/q+1. The van der Waals surface area contributed by atoms with E-state index in [4.69, 9.17) is 9.15 Å². The lowest BCUT2D eigenvalue weighted by molar-refractivity contribution is 0.414. The van der Waals surface area contributed by atoms with Crippen LogP contribution in [0.25, 0.3) is 11.0 Å². The van der Waals surface area contributed by atoms with Gasteiger partial charge in [0, 0.05) is 0 Å². The van der Waals surface area contributed by atoms with E-state index in [2.05, 4.69) is 12.1 Å². The van der Waals surface area contributed by atoms with Crippen LogP contribution in [-0.4, -0.2) is 7.11 Å². The highest BCUT2D eigenvalue weighted by atomic mass is 16.5. The zero-order chi connectivity index (χ0) is 11.7. The van der Waals surface area contributed by atoms with Crippen LogP contribution in [0.2, 0.25) is 0 Å². The van der Waals surface area contributed by atoms with Crippen LogP contribution in [0, 0.1) is 0 Å². The minimum Gasteiger partial charge on any atom is -0.496 e. The SMILES string of the molecule is COc1ccc2cc3c([o+]c2c1)CCCCC3. The van der Waals surface area contributed by atoms with Crippen LogP contribution in [0.5, 0.6) is 5.75 Å². The molecule has 0 saturated heterocycles. The summed E-state index contributed by atoms with van der Waals surface area (Å²) in [6.45, 7) is 0. The largest absolute Gasteiger partial charge is 0.496 e. The average molecular weight is 229 g/mol. The van der Waals surface area contributed by atoms with Gasteiger partial charge in [-0.3, -0.25) is 0 Å². The van der Waals surface area contributed by atoms with Crippen molar-refractivity contribution >= 4 is 11.0 Å². The van der Waals surface area contributed by atoms with E-state index in [9.17, 15) is 0 Å². The van der Waals surface area contributed by atoms with E-state index in [1.165, 1.54) is 36.0 Å². The molecule has 0 unspecified atom stereocenters. The van der Waals surface area contributed by atoms with Crippen molar-refractivity contribution in [1.29, 1.82) is 0 Å². The zero-order valence-corrected chi connectivity index (χ0v) is 10.2. The Balaban J connectivity index is 2.15. The Hall–Kier alpha value is -1.57. The molecule has 17 heavy (non-hydrogen) atoms. The molecule has 88 valence electrons. The highest BCUT2D eigenvalue weighted by Crippen LogP contribution is 2.28. The number of ether oxygens (including phenoxy) is 1. The first-order valence-electron chi connectivity index (χ1n) is 6.29. The number of aryl methyl sites for hydroxylation is 2. The fourth-order valence-corrected chi connectivity index (χ4v) is 2.52. The number of hydrogen-bond acceptors (Lipinski definition) is 1. The third kappa shape index (κ3) is 1.99. The van der Waals surface area contributed by atoms with Crippen molar-refractivity contribution in [3.05, 3.63) is 35.6 Å². The van der Waals surface area contributed by atoms with Crippen LogP contribution in [0.3, 0.4) is 0 Å². The first-order chi connectivity index (χ1) is 8.36. The summed E-state index contributed by atoms with van der Waals surface area (Å²) in [5.41, 5.74) is 2.32. The molecule has 0 spiro atoms. The van der Waals surface area contributed by atoms with Gasteiger partial charge >= 0.3 is 11.3 Å². The maximum atomic E-state index is 6.03. The van der Waals surface area contributed by atoms with Crippen LogP contribution >= 0.6 is 0 Å². The zero-order valence-electron chi connectivity index (χ0n) is 10.2. The predicted molar refractivity (Wildman–Crippen MR) is 68.4 cm³/mol. The van der Waals surface area contributed by atoms with Gasteiger partial charge in [0.15, 0.2) is 0 Å². The quantitative estimate of drug-likeness (QED) is 0.544. The summed E-state index contributed by atoms with van der Waals surface area (Å²) in [5, 5.41) is 1.17. The highest BCUT2D eigenvalue weighted by molar-refractivity contribution is 5.79. The van der Waals surface area contributed by atoms with Gasteiger partial charge in [-0.05, 0) is 37.5 Å². The Bertz CT molecular complexity index is 546. The molecular weight excluding hydrogens is 212 g/mol. The van der Waals surface area contributed by atoms with E-state index >= 15 is 0 Å². The van der Waals surface area contributed by atoms with E-state index in [0.29, 0.717) is 0 Å². The van der Waals surface area contributed by atoms with Crippen LogP contribution in [0.15, 0.2) is 28.7 Å². The lowest BCUT2D eigenvalue weighted by Gasteiger charge is -1.99. The van der Waals surface area contributed by atoms with Gasteiger partial charge in [0.05, 0.1) is 30.5 Å². The molecule has 0 fully saturated rings. The molecule has 2 heteroatoms. The number of rotatable bonds is 1. The van der Waals surface area contributed by atoms with Gasteiger partial charge in [-0.15, -0.1) is 0 Å². The molecule has 2 nitrogen and oxygen atoms in total. The highest BCUT2D eigenvalue weighted by Gasteiger charge is 2.21. The normalized spacial score (nSPS) is 15.4. The van der Waals surface area contributed by atoms with Crippen molar-refractivity contribution in [2.75, 3.05) is 7.11 Å². The number of methoxy groups -OCH3 is 1. The average Bonchev–Trinajstić information content (AvgIpc) is 2.60. The monoisotopic (exact) mass is 229 g/mol. The maximum absolute atomic E-state index is 6.03. The summed E-state index contributed by atoms with van der Waals surface area (Å²) in [6, 6.07) is 8.31. The molecule has 0 atom stereocenters. The Morgan fingerprint density at radius 1 is 1.06 bits per heavy atom. The van der Waals surface area contributed by atoms with Gasteiger partial charge in [-0.1, -0.05) is 6.42 Å². The molecule has 1 aromatic heterocycles. The summed E-state index contributed by atoms with van der Waals surface area (Å²) in [7, 11) is 1.69. The first kappa shape index (κ1) is 10.6. The van der Waals surface area contributed by atoms with Crippen LogP contribution in [0.4, 0.5) is 0 Å². The summed E-state index contributed by atoms with van der Waals surface area (Å²) >= 11 is 0. The van der Waals surface area contributed by atoms with Crippen molar-refractivity contribution < 1.29 is 9.15 Å². The fourth-order valence-electron chi connectivity index (χ4n) is 2.52. The summed E-state index contributed by atoms with van der Waals surface area (Å²) in [6.07, 6.45) is 6.06. The van der Waals surface area contributed by atoms with Crippen LogP contribution in [-0.2, 0) is 12.8 Å². The third-order valence-electron chi connectivity index (χ3n) is 3.49. The molecule has 3 rings (SSSR count). The van der Waals surface area contributed by atoms with Gasteiger partial charge in [0.25, 0.3) is 0 Å². The lowest BCUT2D eigenvalue weighted by atomic mass is 10.1. The Kier molecular flexibility index (Phi) is 2.71. The molecule has 0 aliphatic heterocycles. The molecular formula is C15H17O2+. The number of fused-ring (bicyclic) bond motifs is 2. The van der Waals surface area contributed by atoms with Crippen molar-refractivity contribution in [3.63, 3.8) is 0 Å². The van der Waals surface area contributed by atoms with Crippen molar-refractivity contribution in [1.82, 2.24) is 0 Å². The molecule has 0 bridgehead atoms. The molecule has 1 aliphatic rings. The summed E-state index contributed by atoms with van der Waals surface area (Å²) in [4.78, 5) is 0.